The summed E-state index contributed by atoms with van der Waals surface area (Å²) in [6.45, 7) is 5.54. The van der Waals surface area contributed by atoms with Crippen LogP contribution in [-0.4, -0.2) is 19.1 Å². The third-order valence-corrected chi connectivity index (χ3v) is 4.16. The van der Waals surface area contributed by atoms with Gasteiger partial charge in [0.15, 0.2) is 0 Å². The van der Waals surface area contributed by atoms with Crippen LogP contribution in [0, 0.1) is 11.3 Å². The van der Waals surface area contributed by atoms with E-state index in [1.165, 1.54) is 0 Å². The van der Waals surface area contributed by atoms with Crippen molar-refractivity contribution in [1.29, 1.82) is 5.26 Å². The minimum atomic E-state index is -0.449. The standard InChI is InChI=1S/C24H28N2O3/c1-3-5-6-16-29-23-13-9-21(10-14-23)26-24(27)20(18-25)17-19-7-11-22(12-8-19)28-15-4-2/h7-14,17H,3-6,15-16H2,1-2H3,(H,26,27). The molecule has 0 radical (unpaired) electrons. The van der Waals surface area contributed by atoms with Crippen LogP contribution in [-0.2, 0) is 4.79 Å². The lowest BCUT2D eigenvalue weighted by Crippen LogP contribution is -2.13. The zero-order valence-electron chi connectivity index (χ0n) is 17.1. The lowest BCUT2D eigenvalue weighted by molar-refractivity contribution is -0.112. The average molecular weight is 392 g/mol. The molecule has 0 unspecified atom stereocenters. The summed E-state index contributed by atoms with van der Waals surface area (Å²) in [7, 11) is 0. The van der Waals surface area contributed by atoms with E-state index in [0.29, 0.717) is 18.9 Å². The average Bonchev–Trinajstić information content (AvgIpc) is 2.75. The van der Waals surface area contributed by atoms with Crippen LogP contribution in [0.4, 0.5) is 5.69 Å². The molecular weight excluding hydrogens is 364 g/mol. The van der Waals surface area contributed by atoms with E-state index in [9.17, 15) is 10.1 Å². The Morgan fingerprint density at radius 1 is 0.931 bits per heavy atom. The Bertz CT molecular complexity index is 834. The minimum Gasteiger partial charge on any atom is -0.494 e. The van der Waals surface area contributed by atoms with E-state index in [-0.39, 0.29) is 5.57 Å². The molecule has 0 heterocycles. The Morgan fingerprint density at radius 3 is 2.14 bits per heavy atom. The van der Waals surface area contributed by atoms with Gasteiger partial charge in [0, 0.05) is 5.69 Å². The van der Waals surface area contributed by atoms with Gasteiger partial charge in [-0.3, -0.25) is 4.79 Å². The van der Waals surface area contributed by atoms with E-state index in [2.05, 4.69) is 12.2 Å². The Hall–Kier alpha value is -3.26. The highest BCUT2D eigenvalue weighted by molar-refractivity contribution is 6.09. The number of ether oxygens (including phenoxy) is 2. The summed E-state index contributed by atoms with van der Waals surface area (Å²) in [5, 5.41) is 12.1. The first-order valence-corrected chi connectivity index (χ1v) is 10.0. The number of hydrogen-bond donors (Lipinski definition) is 1. The third-order valence-electron chi connectivity index (χ3n) is 4.16. The summed E-state index contributed by atoms with van der Waals surface area (Å²) in [5.41, 5.74) is 1.41. The van der Waals surface area contributed by atoms with Crippen LogP contribution in [0.3, 0.4) is 0 Å². The Kier molecular flexibility index (Phi) is 9.31. The molecule has 2 aromatic rings. The van der Waals surface area contributed by atoms with E-state index in [1.807, 2.05) is 49.4 Å². The molecule has 0 aromatic heterocycles. The number of nitrogens with zero attached hydrogens (tertiary/aromatic N) is 1. The maximum atomic E-state index is 12.4. The van der Waals surface area contributed by atoms with Gasteiger partial charge >= 0.3 is 0 Å². The van der Waals surface area contributed by atoms with Crippen molar-refractivity contribution in [2.45, 2.75) is 39.5 Å². The lowest BCUT2D eigenvalue weighted by atomic mass is 10.1. The van der Waals surface area contributed by atoms with Crippen molar-refractivity contribution in [3.05, 3.63) is 59.7 Å². The van der Waals surface area contributed by atoms with Crippen LogP contribution >= 0.6 is 0 Å². The van der Waals surface area contributed by atoms with Crippen molar-refractivity contribution in [3.8, 4) is 17.6 Å². The Morgan fingerprint density at radius 2 is 1.55 bits per heavy atom. The fourth-order valence-corrected chi connectivity index (χ4v) is 2.57. The van der Waals surface area contributed by atoms with E-state index in [1.54, 1.807) is 18.2 Å². The van der Waals surface area contributed by atoms with Gasteiger partial charge in [0.2, 0.25) is 0 Å². The van der Waals surface area contributed by atoms with Crippen molar-refractivity contribution in [1.82, 2.24) is 0 Å². The molecule has 0 aliphatic rings. The molecule has 0 bridgehead atoms. The number of rotatable bonds is 11. The second-order valence-electron chi connectivity index (χ2n) is 6.62. The van der Waals surface area contributed by atoms with Gasteiger partial charge in [-0.15, -0.1) is 0 Å². The topological polar surface area (TPSA) is 71.3 Å². The highest BCUT2D eigenvalue weighted by atomic mass is 16.5. The molecule has 0 aliphatic carbocycles. The van der Waals surface area contributed by atoms with E-state index in [4.69, 9.17) is 9.47 Å². The first-order valence-electron chi connectivity index (χ1n) is 10.0. The molecule has 0 saturated carbocycles. The highest BCUT2D eigenvalue weighted by Crippen LogP contribution is 2.18. The van der Waals surface area contributed by atoms with Gasteiger partial charge < -0.3 is 14.8 Å². The molecule has 2 aromatic carbocycles. The number of carbonyl (C=O) groups is 1. The normalized spacial score (nSPS) is 10.9. The van der Waals surface area contributed by atoms with Gasteiger partial charge in [0.05, 0.1) is 13.2 Å². The first-order chi connectivity index (χ1) is 14.2. The predicted molar refractivity (Wildman–Crippen MR) is 116 cm³/mol. The van der Waals surface area contributed by atoms with E-state index < -0.39 is 5.91 Å². The zero-order chi connectivity index (χ0) is 20.9. The Labute approximate surface area is 173 Å². The van der Waals surface area contributed by atoms with Crippen molar-refractivity contribution in [3.63, 3.8) is 0 Å². The highest BCUT2D eigenvalue weighted by Gasteiger charge is 2.10. The van der Waals surface area contributed by atoms with Crippen molar-refractivity contribution < 1.29 is 14.3 Å². The molecule has 0 fully saturated rings. The molecule has 0 atom stereocenters. The summed E-state index contributed by atoms with van der Waals surface area (Å²) >= 11 is 0. The SMILES string of the molecule is CCCCCOc1ccc(NC(=O)C(C#N)=Cc2ccc(OCCC)cc2)cc1. The number of nitriles is 1. The lowest BCUT2D eigenvalue weighted by Gasteiger charge is -2.08. The van der Waals surface area contributed by atoms with Gasteiger partial charge in [0.1, 0.15) is 23.1 Å². The second kappa shape index (κ2) is 12.2. The maximum absolute atomic E-state index is 12.4. The number of carbonyl (C=O) groups excluding carboxylic acids is 1. The van der Waals surface area contributed by atoms with Crippen LogP contribution in [0.25, 0.3) is 6.08 Å². The van der Waals surface area contributed by atoms with E-state index in [0.717, 1.165) is 42.7 Å². The molecule has 152 valence electrons. The maximum Gasteiger partial charge on any atom is 0.266 e. The number of amides is 1. The molecule has 0 saturated heterocycles. The molecule has 5 heteroatoms. The molecule has 2 rings (SSSR count). The second-order valence-corrected chi connectivity index (χ2v) is 6.62. The van der Waals surface area contributed by atoms with Crippen LogP contribution < -0.4 is 14.8 Å². The van der Waals surface area contributed by atoms with Crippen LogP contribution in [0.2, 0.25) is 0 Å². The smallest absolute Gasteiger partial charge is 0.266 e. The first kappa shape index (κ1) is 22.0. The largest absolute Gasteiger partial charge is 0.494 e. The molecule has 0 spiro atoms. The predicted octanol–water partition coefficient (Wildman–Crippen LogP) is 5.59. The Balaban J connectivity index is 1.95. The third kappa shape index (κ3) is 7.71. The number of anilines is 1. The molecular formula is C24H28N2O3. The van der Waals surface area contributed by atoms with Crippen LogP contribution in [0.5, 0.6) is 11.5 Å². The zero-order valence-corrected chi connectivity index (χ0v) is 17.1. The molecule has 1 amide bonds. The van der Waals surface area contributed by atoms with Crippen molar-refractivity contribution >= 4 is 17.7 Å². The van der Waals surface area contributed by atoms with Crippen molar-refractivity contribution in [2.24, 2.45) is 0 Å². The van der Waals surface area contributed by atoms with Gasteiger partial charge in [-0.2, -0.15) is 5.26 Å². The van der Waals surface area contributed by atoms with Crippen LogP contribution in [0.15, 0.2) is 54.1 Å². The van der Waals surface area contributed by atoms with Gasteiger partial charge in [-0.25, -0.2) is 0 Å². The van der Waals surface area contributed by atoms with Crippen molar-refractivity contribution in [2.75, 3.05) is 18.5 Å². The van der Waals surface area contributed by atoms with Gasteiger partial charge in [0.25, 0.3) is 5.91 Å². The summed E-state index contributed by atoms with van der Waals surface area (Å²) in [6, 6.07) is 16.4. The van der Waals surface area contributed by atoms with E-state index >= 15 is 0 Å². The summed E-state index contributed by atoms with van der Waals surface area (Å²) in [6.07, 6.45) is 5.82. The minimum absolute atomic E-state index is 0.0344. The summed E-state index contributed by atoms with van der Waals surface area (Å²) in [4.78, 5) is 12.4. The van der Waals surface area contributed by atoms with Crippen LogP contribution in [0.1, 0.15) is 45.1 Å². The number of benzene rings is 2. The fraction of sp³-hybridized carbons (Fsp3) is 0.333. The summed E-state index contributed by atoms with van der Waals surface area (Å²) < 4.78 is 11.2. The number of nitrogens with one attached hydrogen (secondary N) is 1. The number of hydrogen-bond acceptors (Lipinski definition) is 4. The molecule has 29 heavy (non-hydrogen) atoms. The molecule has 5 nitrogen and oxygen atoms in total. The quantitative estimate of drug-likeness (QED) is 0.307. The molecule has 0 aliphatic heterocycles. The van der Waals surface area contributed by atoms with Gasteiger partial charge in [-0.1, -0.05) is 38.8 Å². The van der Waals surface area contributed by atoms with Gasteiger partial charge in [-0.05, 0) is 60.9 Å². The molecule has 1 N–H and O–H groups in total. The fourth-order valence-electron chi connectivity index (χ4n) is 2.57. The number of unbranched alkanes of at least 4 members (excludes halogenated alkanes) is 2. The monoisotopic (exact) mass is 392 g/mol. The summed E-state index contributed by atoms with van der Waals surface area (Å²) in [5.74, 6) is 1.08.